The fraction of sp³-hybridized carbons (Fsp3) is 0.412. The molecule has 2 aromatic rings. The van der Waals surface area contributed by atoms with Crippen LogP contribution in [0.1, 0.15) is 30.8 Å². The molecule has 7 nitrogen and oxygen atoms in total. The van der Waals surface area contributed by atoms with Crippen LogP contribution in [0.3, 0.4) is 0 Å². The Bertz CT molecular complexity index is 813. The van der Waals surface area contributed by atoms with E-state index >= 15 is 0 Å². The van der Waals surface area contributed by atoms with Gasteiger partial charge in [-0.2, -0.15) is 5.10 Å². The Balaban J connectivity index is 2.37. The molecule has 24 heavy (non-hydrogen) atoms. The molecule has 0 saturated carbocycles. The molecule has 0 radical (unpaired) electrons. The first kappa shape index (κ1) is 17.7. The van der Waals surface area contributed by atoms with Gasteiger partial charge >= 0.3 is 0 Å². The first-order valence-corrected chi connectivity index (χ1v) is 8.01. The lowest BCUT2D eigenvalue weighted by atomic mass is 10.1. The van der Waals surface area contributed by atoms with E-state index in [0.717, 1.165) is 6.42 Å². The Labute approximate surface area is 140 Å². The SMILES string of the molecule is CCCNC(=O)CN(C)C(=O)c1nn(CC)c(=O)c2ccccc12. The Hall–Kier alpha value is -2.70. The van der Waals surface area contributed by atoms with Crippen molar-refractivity contribution >= 4 is 22.6 Å². The molecule has 0 aliphatic rings. The topological polar surface area (TPSA) is 84.3 Å². The highest BCUT2D eigenvalue weighted by atomic mass is 16.2. The van der Waals surface area contributed by atoms with Crippen molar-refractivity contribution < 1.29 is 9.59 Å². The summed E-state index contributed by atoms with van der Waals surface area (Å²) in [6, 6.07) is 6.88. The number of likely N-dealkylation sites (N-methyl/N-ethyl adjacent to an activating group) is 1. The summed E-state index contributed by atoms with van der Waals surface area (Å²) < 4.78 is 1.26. The van der Waals surface area contributed by atoms with Crippen LogP contribution in [0.5, 0.6) is 0 Å². The number of rotatable bonds is 6. The molecule has 1 N–H and O–H groups in total. The maximum atomic E-state index is 12.7. The third-order valence-corrected chi connectivity index (χ3v) is 3.67. The number of hydrogen-bond acceptors (Lipinski definition) is 4. The molecule has 0 unspecified atom stereocenters. The summed E-state index contributed by atoms with van der Waals surface area (Å²) in [6.45, 7) is 4.63. The maximum absolute atomic E-state index is 12.7. The molecule has 0 fully saturated rings. The number of carbonyl (C=O) groups is 2. The molecular formula is C17H22N4O3. The number of nitrogens with zero attached hydrogens (tertiary/aromatic N) is 3. The van der Waals surface area contributed by atoms with E-state index in [1.165, 1.54) is 9.58 Å². The maximum Gasteiger partial charge on any atom is 0.275 e. The van der Waals surface area contributed by atoms with E-state index in [1.807, 2.05) is 6.92 Å². The largest absolute Gasteiger partial charge is 0.355 e. The molecule has 0 atom stereocenters. The molecule has 1 aromatic carbocycles. The van der Waals surface area contributed by atoms with E-state index in [2.05, 4.69) is 10.4 Å². The van der Waals surface area contributed by atoms with Gasteiger partial charge in [-0.15, -0.1) is 0 Å². The minimum Gasteiger partial charge on any atom is -0.355 e. The van der Waals surface area contributed by atoms with Crippen LogP contribution in [0.4, 0.5) is 0 Å². The number of carbonyl (C=O) groups excluding carboxylic acids is 2. The molecule has 128 valence electrons. The van der Waals surface area contributed by atoms with Crippen molar-refractivity contribution in [3.63, 3.8) is 0 Å². The summed E-state index contributed by atoms with van der Waals surface area (Å²) >= 11 is 0. The van der Waals surface area contributed by atoms with Crippen molar-refractivity contribution in [1.82, 2.24) is 20.0 Å². The zero-order chi connectivity index (χ0) is 17.7. The zero-order valence-electron chi connectivity index (χ0n) is 14.2. The third-order valence-electron chi connectivity index (χ3n) is 3.67. The van der Waals surface area contributed by atoms with Gasteiger partial charge < -0.3 is 10.2 Å². The second kappa shape index (κ2) is 7.72. The van der Waals surface area contributed by atoms with Gasteiger partial charge in [-0.05, 0) is 19.4 Å². The number of aromatic nitrogens is 2. The molecule has 1 heterocycles. The monoisotopic (exact) mass is 330 g/mol. The Morgan fingerprint density at radius 1 is 1.21 bits per heavy atom. The standard InChI is InChI=1S/C17H22N4O3/c1-4-10-18-14(22)11-20(3)17(24)15-12-8-6-7-9-13(12)16(23)21(5-2)19-15/h6-9H,4-5,10-11H2,1-3H3,(H,18,22). The number of fused-ring (bicyclic) bond motifs is 1. The number of aryl methyl sites for hydroxylation is 1. The van der Waals surface area contributed by atoms with Crippen molar-refractivity contribution in [2.75, 3.05) is 20.1 Å². The van der Waals surface area contributed by atoms with Crippen molar-refractivity contribution in [2.45, 2.75) is 26.8 Å². The van der Waals surface area contributed by atoms with Gasteiger partial charge in [0.25, 0.3) is 11.5 Å². The lowest BCUT2D eigenvalue weighted by Crippen LogP contribution is -2.39. The molecule has 2 rings (SSSR count). The van der Waals surface area contributed by atoms with Gasteiger partial charge in [0.05, 0.1) is 11.9 Å². The van der Waals surface area contributed by atoms with E-state index in [0.29, 0.717) is 23.9 Å². The highest BCUT2D eigenvalue weighted by Gasteiger charge is 2.21. The molecule has 0 aliphatic heterocycles. The Kier molecular flexibility index (Phi) is 5.68. The fourth-order valence-electron chi connectivity index (χ4n) is 2.40. The van der Waals surface area contributed by atoms with Crippen LogP contribution >= 0.6 is 0 Å². The van der Waals surface area contributed by atoms with Crippen molar-refractivity contribution in [3.8, 4) is 0 Å². The van der Waals surface area contributed by atoms with Crippen LogP contribution in [0.2, 0.25) is 0 Å². The number of hydrogen-bond donors (Lipinski definition) is 1. The highest BCUT2D eigenvalue weighted by molar-refractivity contribution is 6.05. The molecule has 0 bridgehead atoms. The van der Waals surface area contributed by atoms with Gasteiger partial charge in [-0.1, -0.05) is 25.1 Å². The van der Waals surface area contributed by atoms with Crippen LogP contribution < -0.4 is 10.9 Å². The second-order valence-electron chi connectivity index (χ2n) is 5.53. The molecular weight excluding hydrogens is 308 g/mol. The first-order chi connectivity index (χ1) is 11.5. The van der Waals surface area contributed by atoms with E-state index in [9.17, 15) is 14.4 Å². The highest BCUT2D eigenvalue weighted by Crippen LogP contribution is 2.14. The molecule has 0 spiro atoms. The summed E-state index contributed by atoms with van der Waals surface area (Å²) in [6.07, 6.45) is 0.830. The Morgan fingerprint density at radius 2 is 1.88 bits per heavy atom. The van der Waals surface area contributed by atoms with Gasteiger partial charge in [-0.3, -0.25) is 14.4 Å². The summed E-state index contributed by atoms with van der Waals surface area (Å²) in [5.41, 5.74) is -0.0502. The van der Waals surface area contributed by atoms with Crippen LogP contribution in [0, 0.1) is 0 Å². The Morgan fingerprint density at radius 3 is 2.50 bits per heavy atom. The normalized spacial score (nSPS) is 10.6. The van der Waals surface area contributed by atoms with Gasteiger partial charge in [0.15, 0.2) is 5.69 Å². The first-order valence-electron chi connectivity index (χ1n) is 8.01. The number of benzene rings is 1. The van der Waals surface area contributed by atoms with E-state index in [4.69, 9.17) is 0 Å². The lowest BCUT2D eigenvalue weighted by molar-refractivity contribution is -0.121. The summed E-state index contributed by atoms with van der Waals surface area (Å²) in [7, 11) is 1.55. The van der Waals surface area contributed by atoms with E-state index < -0.39 is 0 Å². The molecule has 0 aliphatic carbocycles. The van der Waals surface area contributed by atoms with Crippen LogP contribution in [-0.2, 0) is 11.3 Å². The number of amides is 2. The zero-order valence-corrected chi connectivity index (χ0v) is 14.2. The van der Waals surface area contributed by atoms with E-state index in [1.54, 1.807) is 38.2 Å². The van der Waals surface area contributed by atoms with Crippen molar-refractivity contribution in [3.05, 3.63) is 40.3 Å². The molecule has 2 amide bonds. The average molecular weight is 330 g/mol. The van der Waals surface area contributed by atoms with Gasteiger partial charge in [-0.25, -0.2) is 4.68 Å². The quantitative estimate of drug-likeness (QED) is 0.857. The minimum atomic E-state index is -0.389. The van der Waals surface area contributed by atoms with Gasteiger partial charge in [0, 0.05) is 25.5 Å². The summed E-state index contributed by atoms with van der Waals surface area (Å²) in [5.74, 6) is -0.610. The fourth-order valence-corrected chi connectivity index (χ4v) is 2.40. The van der Waals surface area contributed by atoms with Crippen LogP contribution in [0.15, 0.2) is 29.1 Å². The summed E-state index contributed by atoms with van der Waals surface area (Å²) in [4.78, 5) is 38.1. The smallest absolute Gasteiger partial charge is 0.275 e. The van der Waals surface area contributed by atoms with Crippen molar-refractivity contribution in [2.24, 2.45) is 0 Å². The van der Waals surface area contributed by atoms with Crippen LogP contribution in [0.25, 0.3) is 10.8 Å². The van der Waals surface area contributed by atoms with Gasteiger partial charge in [0.1, 0.15) is 0 Å². The predicted molar refractivity (Wildman–Crippen MR) is 91.9 cm³/mol. The molecule has 1 aromatic heterocycles. The molecule has 0 saturated heterocycles. The van der Waals surface area contributed by atoms with Crippen molar-refractivity contribution in [1.29, 1.82) is 0 Å². The lowest BCUT2D eigenvalue weighted by Gasteiger charge is -2.18. The van der Waals surface area contributed by atoms with Gasteiger partial charge in [0.2, 0.25) is 5.91 Å². The van der Waals surface area contributed by atoms with Crippen LogP contribution in [-0.4, -0.2) is 46.6 Å². The third kappa shape index (κ3) is 3.61. The number of nitrogens with one attached hydrogen (secondary N) is 1. The van der Waals surface area contributed by atoms with E-state index in [-0.39, 0.29) is 29.6 Å². The average Bonchev–Trinajstić information content (AvgIpc) is 2.60. The summed E-state index contributed by atoms with van der Waals surface area (Å²) in [5, 5.41) is 7.86. The molecule has 7 heteroatoms. The minimum absolute atomic E-state index is 0.0555. The predicted octanol–water partition coefficient (Wildman–Crippen LogP) is 1.01. The second-order valence-corrected chi connectivity index (χ2v) is 5.53.